The molecule has 4 heteroatoms. The number of benzene rings is 1. The van der Waals surface area contributed by atoms with Gasteiger partial charge in [-0.3, -0.25) is 0 Å². The summed E-state index contributed by atoms with van der Waals surface area (Å²) in [6.45, 7) is 2.46. The maximum absolute atomic E-state index is 9.96. The van der Waals surface area contributed by atoms with Gasteiger partial charge in [0.15, 0.2) is 0 Å². The van der Waals surface area contributed by atoms with Gasteiger partial charge in [0.2, 0.25) is 0 Å². The van der Waals surface area contributed by atoms with E-state index in [0.717, 1.165) is 16.1 Å². The molecule has 1 atom stereocenters. The molecular formula is C13H14ClNOS. The average molecular weight is 268 g/mol. The summed E-state index contributed by atoms with van der Waals surface area (Å²) in [5, 5.41) is 15.8. The van der Waals surface area contributed by atoms with Crippen molar-refractivity contribution in [2.24, 2.45) is 0 Å². The molecule has 90 valence electrons. The minimum atomic E-state index is -0.495. The molecule has 0 saturated carbocycles. The van der Waals surface area contributed by atoms with Crippen molar-refractivity contribution in [3.05, 3.63) is 51.2 Å². The summed E-state index contributed by atoms with van der Waals surface area (Å²) in [5.74, 6) is 0. The Morgan fingerprint density at radius 3 is 2.82 bits per heavy atom. The standard InChI is InChI=1S/C13H14ClNOS/c1-9-4-2-5-10(14)13(9)15-8-11(16)12-6-3-7-17-12/h2-7,11,15-16H,8H2,1H3. The quantitative estimate of drug-likeness (QED) is 0.882. The summed E-state index contributed by atoms with van der Waals surface area (Å²) in [6.07, 6.45) is -0.495. The molecule has 2 aromatic rings. The molecule has 0 fully saturated rings. The van der Waals surface area contributed by atoms with E-state index in [2.05, 4.69) is 5.32 Å². The van der Waals surface area contributed by atoms with Crippen molar-refractivity contribution in [2.45, 2.75) is 13.0 Å². The summed E-state index contributed by atoms with van der Waals surface area (Å²) in [4.78, 5) is 0.960. The van der Waals surface area contributed by atoms with Gasteiger partial charge in [-0.25, -0.2) is 0 Å². The molecule has 2 rings (SSSR count). The van der Waals surface area contributed by atoms with Crippen molar-refractivity contribution >= 4 is 28.6 Å². The maximum atomic E-state index is 9.96. The lowest BCUT2D eigenvalue weighted by atomic mass is 10.2. The van der Waals surface area contributed by atoms with Crippen LogP contribution in [0.4, 0.5) is 5.69 Å². The highest BCUT2D eigenvalue weighted by molar-refractivity contribution is 7.10. The van der Waals surface area contributed by atoms with Gasteiger partial charge in [0, 0.05) is 11.4 Å². The van der Waals surface area contributed by atoms with Crippen LogP contribution >= 0.6 is 22.9 Å². The summed E-state index contributed by atoms with van der Waals surface area (Å²) < 4.78 is 0. The number of aryl methyl sites for hydroxylation is 1. The van der Waals surface area contributed by atoms with Crippen LogP contribution in [0.5, 0.6) is 0 Å². The van der Waals surface area contributed by atoms with Crippen LogP contribution in [0.2, 0.25) is 5.02 Å². The third kappa shape index (κ3) is 3.00. The van der Waals surface area contributed by atoms with Crippen molar-refractivity contribution in [1.29, 1.82) is 0 Å². The molecule has 1 unspecified atom stereocenters. The van der Waals surface area contributed by atoms with E-state index in [1.807, 2.05) is 42.6 Å². The van der Waals surface area contributed by atoms with Crippen molar-refractivity contribution < 1.29 is 5.11 Å². The largest absolute Gasteiger partial charge is 0.386 e. The van der Waals surface area contributed by atoms with E-state index in [1.54, 1.807) is 11.3 Å². The van der Waals surface area contributed by atoms with Gasteiger partial charge in [-0.1, -0.05) is 29.8 Å². The molecule has 17 heavy (non-hydrogen) atoms. The molecule has 1 aromatic heterocycles. The molecule has 0 spiro atoms. The van der Waals surface area contributed by atoms with Crippen molar-refractivity contribution in [1.82, 2.24) is 0 Å². The van der Waals surface area contributed by atoms with Crippen LogP contribution in [-0.4, -0.2) is 11.7 Å². The Bertz CT molecular complexity index is 464. The van der Waals surface area contributed by atoms with E-state index in [4.69, 9.17) is 11.6 Å². The second-order valence-electron chi connectivity index (χ2n) is 3.84. The van der Waals surface area contributed by atoms with E-state index in [1.165, 1.54) is 0 Å². The van der Waals surface area contributed by atoms with Crippen LogP contribution in [0.15, 0.2) is 35.7 Å². The first-order chi connectivity index (χ1) is 8.18. The van der Waals surface area contributed by atoms with Crippen LogP contribution in [0.25, 0.3) is 0 Å². The number of anilines is 1. The first-order valence-corrected chi connectivity index (χ1v) is 6.64. The first-order valence-electron chi connectivity index (χ1n) is 5.39. The van der Waals surface area contributed by atoms with Gasteiger partial charge < -0.3 is 10.4 Å². The highest BCUT2D eigenvalue weighted by atomic mass is 35.5. The first kappa shape index (κ1) is 12.4. The molecule has 0 aliphatic heterocycles. The summed E-state index contributed by atoms with van der Waals surface area (Å²) >= 11 is 7.65. The summed E-state index contributed by atoms with van der Waals surface area (Å²) in [7, 11) is 0. The van der Waals surface area contributed by atoms with E-state index in [0.29, 0.717) is 11.6 Å². The second kappa shape index (κ2) is 5.54. The van der Waals surface area contributed by atoms with Crippen LogP contribution in [0, 0.1) is 6.92 Å². The molecule has 0 saturated heterocycles. The van der Waals surface area contributed by atoms with Gasteiger partial charge in [0.05, 0.1) is 10.7 Å². The normalized spacial score (nSPS) is 12.4. The molecule has 2 N–H and O–H groups in total. The van der Waals surface area contributed by atoms with Gasteiger partial charge in [-0.15, -0.1) is 11.3 Å². The van der Waals surface area contributed by atoms with E-state index in [9.17, 15) is 5.11 Å². The number of aliphatic hydroxyl groups excluding tert-OH is 1. The predicted octanol–water partition coefficient (Wildman–Crippen LogP) is 3.86. The second-order valence-corrected chi connectivity index (χ2v) is 5.23. The Morgan fingerprint density at radius 2 is 2.18 bits per heavy atom. The van der Waals surface area contributed by atoms with Gasteiger partial charge in [0.25, 0.3) is 0 Å². The lowest BCUT2D eigenvalue weighted by Crippen LogP contribution is -2.12. The zero-order valence-corrected chi connectivity index (χ0v) is 11.1. The highest BCUT2D eigenvalue weighted by Gasteiger charge is 2.10. The number of para-hydroxylation sites is 1. The highest BCUT2D eigenvalue weighted by Crippen LogP contribution is 2.26. The minimum Gasteiger partial charge on any atom is -0.386 e. The number of rotatable bonds is 4. The van der Waals surface area contributed by atoms with Crippen molar-refractivity contribution in [3.63, 3.8) is 0 Å². The van der Waals surface area contributed by atoms with E-state index >= 15 is 0 Å². The number of aliphatic hydroxyl groups is 1. The van der Waals surface area contributed by atoms with Gasteiger partial charge in [0.1, 0.15) is 6.10 Å². The number of halogens is 1. The fraction of sp³-hybridized carbons (Fsp3) is 0.231. The topological polar surface area (TPSA) is 32.3 Å². The Kier molecular flexibility index (Phi) is 4.05. The summed E-state index contributed by atoms with van der Waals surface area (Å²) in [5.41, 5.74) is 1.97. The van der Waals surface area contributed by atoms with Gasteiger partial charge in [-0.2, -0.15) is 0 Å². The average Bonchev–Trinajstić information content (AvgIpc) is 2.81. The predicted molar refractivity (Wildman–Crippen MR) is 74.0 cm³/mol. The van der Waals surface area contributed by atoms with Crippen LogP contribution < -0.4 is 5.32 Å². The monoisotopic (exact) mass is 267 g/mol. The minimum absolute atomic E-state index is 0.463. The molecule has 0 amide bonds. The third-order valence-corrected chi connectivity index (χ3v) is 3.85. The van der Waals surface area contributed by atoms with Crippen LogP contribution in [0.1, 0.15) is 16.5 Å². The molecule has 0 aliphatic carbocycles. The molecule has 0 bridgehead atoms. The fourth-order valence-corrected chi connectivity index (χ4v) is 2.64. The lowest BCUT2D eigenvalue weighted by molar-refractivity contribution is 0.195. The molecule has 0 aliphatic rings. The maximum Gasteiger partial charge on any atom is 0.105 e. The molecule has 1 heterocycles. The number of thiophene rings is 1. The van der Waals surface area contributed by atoms with E-state index < -0.39 is 6.10 Å². The number of nitrogens with one attached hydrogen (secondary N) is 1. The SMILES string of the molecule is Cc1cccc(Cl)c1NCC(O)c1cccs1. The van der Waals surface area contributed by atoms with Crippen molar-refractivity contribution in [3.8, 4) is 0 Å². The third-order valence-electron chi connectivity index (χ3n) is 2.57. The van der Waals surface area contributed by atoms with Gasteiger partial charge >= 0.3 is 0 Å². The van der Waals surface area contributed by atoms with E-state index in [-0.39, 0.29) is 0 Å². The molecule has 0 radical (unpaired) electrons. The Morgan fingerprint density at radius 1 is 1.35 bits per heavy atom. The number of hydrogen-bond acceptors (Lipinski definition) is 3. The summed E-state index contributed by atoms with van der Waals surface area (Å²) in [6, 6.07) is 9.61. The van der Waals surface area contributed by atoms with Crippen LogP contribution in [0.3, 0.4) is 0 Å². The molecule has 1 aromatic carbocycles. The van der Waals surface area contributed by atoms with Gasteiger partial charge in [-0.05, 0) is 30.0 Å². The fourth-order valence-electron chi connectivity index (χ4n) is 1.64. The molecule has 2 nitrogen and oxygen atoms in total. The molecular weight excluding hydrogens is 254 g/mol. The van der Waals surface area contributed by atoms with Crippen LogP contribution in [-0.2, 0) is 0 Å². The Balaban J connectivity index is 2.03. The van der Waals surface area contributed by atoms with Crippen molar-refractivity contribution in [2.75, 3.05) is 11.9 Å². The Labute approximate surface area is 110 Å². The smallest absolute Gasteiger partial charge is 0.105 e. The lowest BCUT2D eigenvalue weighted by Gasteiger charge is -2.14. The zero-order valence-electron chi connectivity index (χ0n) is 9.48. The Hall–Kier alpha value is -1.03. The zero-order chi connectivity index (χ0) is 12.3. The number of hydrogen-bond donors (Lipinski definition) is 2.